The standard InChI is InChI=1S/C14H12.6C6H11.2Sn/c1-11-3-7-13(8-4-11)14-9-5-12(2)6-10-14;6*1-2-4-6-5-3-1;;/h3-10H,1-2H2;6*1H,2-6H2;;. The molecule has 0 amide bonds. The van der Waals surface area contributed by atoms with Gasteiger partial charge in [0.25, 0.3) is 0 Å². The van der Waals surface area contributed by atoms with Crippen molar-refractivity contribution in [2.75, 3.05) is 0 Å². The summed E-state index contributed by atoms with van der Waals surface area (Å²) in [5.41, 5.74) is 6.46. The van der Waals surface area contributed by atoms with Crippen LogP contribution in [0.5, 0.6) is 0 Å². The molecule has 0 spiro atoms. The quantitative estimate of drug-likeness (QED) is 0.197. The molecule has 52 heavy (non-hydrogen) atoms. The average Bonchev–Trinajstić information content (AvgIpc) is 3.24. The molecule has 0 nitrogen and oxygen atoms in total. The van der Waals surface area contributed by atoms with Crippen LogP contribution in [0.3, 0.4) is 0 Å². The monoisotopic (exact) mass is 918 g/mol. The van der Waals surface area contributed by atoms with Gasteiger partial charge in [-0.05, 0) is 0 Å². The van der Waals surface area contributed by atoms with E-state index in [2.05, 4.69) is 48.5 Å². The molecule has 6 aliphatic rings. The van der Waals surface area contributed by atoms with E-state index in [-0.39, 0.29) is 0 Å². The Hall–Kier alpha value is 0.0374. The van der Waals surface area contributed by atoms with E-state index >= 15 is 0 Å². The first-order chi connectivity index (χ1) is 25.8. The van der Waals surface area contributed by atoms with Crippen LogP contribution in [-0.2, 0) is 8.87 Å². The third-order valence-electron chi connectivity index (χ3n) is 17.5. The van der Waals surface area contributed by atoms with Gasteiger partial charge in [0.15, 0.2) is 0 Å². The fraction of sp³-hybridized carbons (Fsp3) is 0.760. The van der Waals surface area contributed by atoms with Crippen molar-refractivity contribution in [1.29, 1.82) is 0 Å². The number of hydrogen-bond acceptors (Lipinski definition) is 0. The molecule has 0 bridgehead atoms. The van der Waals surface area contributed by atoms with Crippen LogP contribution < -0.4 is 0 Å². The Balaban J connectivity index is 1.04. The van der Waals surface area contributed by atoms with Gasteiger partial charge in [-0.3, -0.25) is 0 Å². The number of rotatable bonds is 11. The Kier molecular flexibility index (Phi) is 14.2. The van der Waals surface area contributed by atoms with E-state index in [1.54, 1.807) is 174 Å². The molecular weight excluding hydrogens is 838 g/mol. The van der Waals surface area contributed by atoms with E-state index in [4.69, 9.17) is 0 Å². The summed E-state index contributed by atoms with van der Waals surface area (Å²) in [6.45, 7) is 0. The predicted octanol–water partition coefficient (Wildman–Crippen LogP) is 16.4. The first-order valence-corrected chi connectivity index (χ1v) is 37.9. The van der Waals surface area contributed by atoms with Crippen LogP contribution in [0.15, 0.2) is 48.5 Å². The number of hydrogen-bond donors (Lipinski definition) is 0. The number of benzene rings is 2. The van der Waals surface area contributed by atoms with E-state index in [0.717, 1.165) is 0 Å². The molecule has 2 heteroatoms. The van der Waals surface area contributed by atoms with E-state index in [1.165, 1.54) is 73.3 Å². The minimum atomic E-state index is -2.55. The molecule has 0 unspecified atom stereocenters. The molecule has 0 aliphatic heterocycles. The van der Waals surface area contributed by atoms with Crippen molar-refractivity contribution in [2.45, 2.75) is 225 Å². The van der Waals surface area contributed by atoms with Crippen molar-refractivity contribution in [3.63, 3.8) is 0 Å². The molecule has 2 aromatic carbocycles. The molecule has 6 fully saturated rings. The SMILES string of the molecule is c1cc(-c2ccc([CH2][Sn]([CH]3CCCCC3)([CH]3CCCCC3)[CH]3CCCCC3)cc2)ccc1[CH2][Sn]([CH]1CCCCC1)([CH]1CCCCC1)[CH]1CCCCC1. The summed E-state index contributed by atoms with van der Waals surface area (Å²) in [7, 11) is 0. The zero-order valence-corrected chi connectivity index (χ0v) is 39.4. The van der Waals surface area contributed by atoms with Crippen molar-refractivity contribution >= 4 is 36.8 Å². The summed E-state index contributed by atoms with van der Waals surface area (Å²) in [5.74, 6) is 0. The molecule has 0 saturated heterocycles. The molecule has 0 N–H and O–H groups in total. The fourth-order valence-corrected chi connectivity index (χ4v) is 62.2. The van der Waals surface area contributed by atoms with Gasteiger partial charge < -0.3 is 0 Å². The van der Waals surface area contributed by atoms with Crippen molar-refractivity contribution in [1.82, 2.24) is 0 Å². The van der Waals surface area contributed by atoms with Crippen LogP contribution in [0.1, 0.15) is 204 Å². The maximum atomic E-state index is 2.65. The van der Waals surface area contributed by atoms with Crippen molar-refractivity contribution in [3.8, 4) is 11.1 Å². The van der Waals surface area contributed by atoms with Gasteiger partial charge in [-0.2, -0.15) is 0 Å². The summed E-state index contributed by atoms with van der Waals surface area (Å²) in [4.78, 5) is 0. The van der Waals surface area contributed by atoms with Crippen LogP contribution in [0, 0.1) is 0 Å². The van der Waals surface area contributed by atoms with E-state index in [1.807, 2.05) is 0 Å². The Labute approximate surface area is 330 Å². The normalized spacial score (nSPS) is 25.0. The van der Waals surface area contributed by atoms with Crippen LogP contribution >= 0.6 is 0 Å². The topological polar surface area (TPSA) is 0 Å². The van der Waals surface area contributed by atoms with Crippen LogP contribution in [0.4, 0.5) is 0 Å². The summed E-state index contributed by atoms with van der Waals surface area (Å²) in [6, 6.07) is 20.9. The van der Waals surface area contributed by atoms with Crippen LogP contribution in [0.2, 0.25) is 23.6 Å². The Morgan fingerprint density at radius 2 is 0.462 bits per heavy atom. The van der Waals surface area contributed by atoms with Crippen molar-refractivity contribution < 1.29 is 0 Å². The minimum absolute atomic E-state index is 1.18. The zero-order valence-electron chi connectivity index (χ0n) is 33.7. The molecule has 0 radical (unpaired) electrons. The van der Waals surface area contributed by atoms with Crippen molar-refractivity contribution in [3.05, 3.63) is 59.7 Å². The Morgan fingerprint density at radius 1 is 0.269 bits per heavy atom. The van der Waals surface area contributed by atoms with Crippen LogP contribution in [-0.4, -0.2) is 36.8 Å². The molecule has 6 saturated carbocycles. The molecule has 0 heterocycles. The summed E-state index contributed by atoms with van der Waals surface area (Å²) < 4.78 is 10.2. The predicted molar refractivity (Wildman–Crippen MR) is 232 cm³/mol. The van der Waals surface area contributed by atoms with Gasteiger partial charge in [0.1, 0.15) is 0 Å². The van der Waals surface area contributed by atoms with E-state index in [0.29, 0.717) is 0 Å². The molecule has 8 rings (SSSR count). The van der Waals surface area contributed by atoms with Gasteiger partial charge >= 0.3 is 333 Å². The third-order valence-corrected chi connectivity index (χ3v) is 59.2. The Bertz CT molecular complexity index is 1130. The second kappa shape index (κ2) is 19.0. The maximum absolute atomic E-state index is 2.65. The van der Waals surface area contributed by atoms with Gasteiger partial charge in [-0.1, -0.05) is 0 Å². The molecular formula is C50H78Sn2. The third kappa shape index (κ3) is 8.64. The zero-order chi connectivity index (χ0) is 35.1. The van der Waals surface area contributed by atoms with Gasteiger partial charge in [-0.15, -0.1) is 0 Å². The molecule has 286 valence electrons. The molecule has 2 aromatic rings. The fourth-order valence-electron chi connectivity index (χ4n) is 15.0. The second-order valence-corrected chi connectivity index (χ2v) is 48.7. The summed E-state index contributed by atoms with van der Waals surface area (Å²) >= 11 is -5.10. The first-order valence-electron chi connectivity index (χ1n) is 23.9. The van der Waals surface area contributed by atoms with Gasteiger partial charge in [0.05, 0.1) is 0 Å². The van der Waals surface area contributed by atoms with E-state index in [9.17, 15) is 0 Å². The van der Waals surface area contributed by atoms with Gasteiger partial charge in [-0.25, -0.2) is 0 Å². The Morgan fingerprint density at radius 3 is 0.654 bits per heavy atom. The average molecular weight is 917 g/mol. The van der Waals surface area contributed by atoms with Gasteiger partial charge in [0, 0.05) is 0 Å². The molecule has 6 aliphatic carbocycles. The molecule has 0 aromatic heterocycles. The molecule has 0 atom stereocenters. The summed E-state index contributed by atoms with van der Waals surface area (Å²) in [5, 5.41) is 0. The van der Waals surface area contributed by atoms with Gasteiger partial charge in [0.2, 0.25) is 0 Å². The van der Waals surface area contributed by atoms with Crippen LogP contribution in [0.25, 0.3) is 11.1 Å². The van der Waals surface area contributed by atoms with E-state index < -0.39 is 36.8 Å². The summed E-state index contributed by atoms with van der Waals surface area (Å²) in [6.07, 6.45) is 47.0. The first kappa shape index (κ1) is 38.9. The second-order valence-electron chi connectivity index (χ2n) is 20.0. The van der Waals surface area contributed by atoms with Crippen molar-refractivity contribution in [2.24, 2.45) is 0 Å².